The van der Waals surface area contributed by atoms with Gasteiger partial charge in [0.1, 0.15) is 0 Å². The Bertz CT molecular complexity index is 363. The average molecular weight is 237 g/mol. The maximum Gasteiger partial charge on any atom is 0.0693 e. The van der Waals surface area contributed by atoms with Gasteiger partial charge < -0.3 is 0 Å². The predicted molar refractivity (Wildman–Crippen MR) is 52.9 cm³/mol. The van der Waals surface area contributed by atoms with Crippen LogP contribution in [0.25, 0.3) is 0 Å². The molecule has 2 rings (SSSR count). The van der Waals surface area contributed by atoms with Gasteiger partial charge in [-0.1, -0.05) is 0 Å². The molecule has 0 aliphatic heterocycles. The van der Waals surface area contributed by atoms with E-state index in [9.17, 15) is 0 Å². The normalized spacial score (nSPS) is 17.8. The van der Waals surface area contributed by atoms with Gasteiger partial charge in [0, 0.05) is 17.1 Å². The van der Waals surface area contributed by atoms with Gasteiger partial charge in [-0.3, -0.25) is 4.98 Å². The van der Waals surface area contributed by atoms with Gasteiger partial charge in [0.2, 0.25) is 0 Å². The molecule has 1 fully saturated rings. The number of halogens is 1. The molecule has 0 bridgehead atoms. The minimum atomic E-state index is -0.100. The highest BCUT2D eigenvalue weighted by Gasteiger charge is 2.43. The van der Waals surface area contributed by atoms with Gasteiger partial charge in [-0.25, -0.2) is 0 Å². The van der Waals surface area contributed by atoms with Gasteiger partial charge in [0.05, 0.1) is 17.2 Å². The van der Waals surface area contributed by atoms with E-state index in [1.165, 1.54) is 0 Å². The molecule has 0 saturated heterocycles. The van der Waals surface area contributed by atoms with Crippen molar-refractivity contribution in [2.45, 2.75) is 19.3 Å². The van der Waals surface area contributed by atoms with E-state index in [0.717, 1.165) is 29.4 Å². The Balaban J connectivity index is 2.20. The fourth-order valence-corrected chi connectivity index (χ4v) is 1.74. The third kappa shape index (κ3) is 1.73. The first-order chi connectivity index (χ1) is 6.26. The summed E-state index contributed by atoms with van der Waals surface area (Å²) >= 11 is 3.43. The van der Waals surface area contributed by atoms with Crippen molar-refractivity contribution in [3.05, 3.63) is 28.5 Å². The molecule has 66 valence electrons. The zero-order valence-electron chi connectivity index (χ0n) is 7.13. The third-order valence-electron chi connectivity index (χ3n) is 2.43. The Hall–Kier alpha value is -0.880. The minimum absolute atomic E-state index is 0.100. The van der Waals surface area contributed by atoms with Crippen molar-refractivity contribution in [1.82, 2.24) is 4.98 Å². The highest BCUT2D eigenvalue weighted by atomic mass is 79.9. The molecule has 0 radical (unpaired) electrons. The molecule has 1 aromatic rings. The van der Waals surface area contributed by atoms with Crippen LogP contribution in [0, 0.1) is 16.7 Å². The van der Waals surface area contributed by atoms with Crippen molar-refractivity contribution >= 4 is 15.9 Å². The molecule has 13 heavy (non-hydrogen) atoms. The van der Waals surface area contributed by atoms with Crippen LogP contribution in [-0.4, -0.2) is 4.98 Å². The minimum Gasteiger partial charge on any atom is -0.260 e. The number of hydrogen-bond donors (Lipinski definition) is 0. The largest absolute Gasteiger partial charge is 0.260 e. The first-order valence-electron chi connectivity index (χ1n) is 4.26. The van der Waals surface area contributed by atoms with Crippen molar-refractivity contribution < 1.29 is 0 Å². The Labute approximate surface area is 85.7 Å². The summed E-state index contributed by atoms with van der Waals surface area (Å²) in [6.45, 7) is 0. The zero-order valence-corrected chi connectivity index (χ0v) is 8.71. The van der Waals surface area contributed by atoms with Gasteiger partial charge in [-0.15, -0.1) is 0 Å². The molecule has 0 amide bonds. The highest BCUT2D eigenvalue weighted by Crippen LogP contribution is 2.47. The molecule has 0 unspecified atom stereocenters. The number of hydrogen-bond acceptors (Lipinski definition) is 2. The van der Waals surface area contributed by atoms with Crippen LogP contribution in [-0.2, 0) is 6.42 Å². The second-order valence-corrected chi connectivity index (χ2v) is 4.36. The SMILES string of the molecule is N#CC1(Cc2ncccc2Br)CC1. The van der Waals surface area contributed by atoms with Crippen LogP contribution in [0.4, 0.5) is 0 Å². The summed E-state index contributed by atoms with van der Waals surface area (Å²) in [6, 6.07) is 6.22. The molecule has 3 heteroatoms. The quantitative estimate of drug-likeness (QED) is 0.792. The van der Waals surface area contributed by atoms with Crippen LogP contribution in [0.5, 0.6) is 0 Å². The Morgan fingerprint density at radius 1 is 1.62 bits per heavy atom. The van der Waals surface area contributed by atoms with E-state index in [2.05, 4.69) is 27.0 Å². The highest BCUT2D eigenvalue weighted by molar-refractivity contribution is 9.10. The second-order valence-electron chi connectivity index (χ2n) is 3.50. The van der Waals surface area contributed by atoms with Crippen molar-refractivity contribution in [2.75, 3.05) is 0 Å². The number of rotatable bonds is 2. The summed E-state index contributed by atoms with van der Waals surface area (Å²) in [7, 11) is 0. The van der Waals surface area contributed by atoms with Crippen molar-refractivity contribution in [1.29, 1.82) is 5.26 Å². The summed E-state index contributed by atoms with van der Waals surface area (Å²) in [5.74, 6) is 0. The Morgan fingerprint density at radius 3 is 2.92 bits per heavy atom. The fraction of sp³-hybridized carbons (Fsp3) is 0.400. The van der Waals surface area contributed by atoms with Crippen LogP contribution in [0.3, 0.4) is 0 Å². The molecule has 1 aliphatic rings. The van der Waals surface area contributed by atoms with Gasteiger partial charge in [-0.05, 0) is 40.9 Å². The molecular weight excluding hydrogens is 228 g/mol. The Kier molecular flexibility index (Phi) is 2.09. The van der Waals surface area contributed by atoms with Crippen LogP contribution in [0.2, 0.25) is 0 Å². The first-order valence-corrected chi connectivity index (χ1v) is 5.06. The molecule has 0 aromatic carbocycles. The van der Waals surface area contributed by atoms with Crippen molar-refractivity contribution in [3.63, 3.8) is 0 Å². The number of aromatic nitrogens is 1. The average Bonchev–Trinajstić information content (AvgIpc) is 2.90. The Morgan fingerprint density at radius 2 is 2.38 bits per heavy atom. The van der Waals surface area contributed by atoms with Crippen LogP contribution < -0.4 is 0 Å². The molecule has 0 spiro atoms. The lowest BCUT2D eigenvalue weighted by Gasteiger charge is -2.05. The second kappa shape index (κ2) is 3.12. The van der Waals surface area contributed by atoms with Crippen LogP contribution in [0.1, 0.15) is 18.5 Å². The maximum atomic E-state index is 8.92. The third-order valence-corrected chi connectivity index (χ3v) is 3.15. The predicted octanol–water partition coefficient (Wildman–Crippen LogP) is 2.69. The molecular formula is C10H9BrN2. The van der Waals surface area contributed by atoms with Gasteiger partial charge >= 0.3 is 0 Å². The lowest BCUT2D eigenvalue weighted by Crippen LogP contribution is -2.03. The molecule has 0 N–H and O–H groups in total. The van der Waals surface area contributed by atoms with E-state index in [4.69, 9.17) is 5.26 Å². The topological polar surface area (TPSA) is 36.7 Å². The maximum absolute atomic E-state index is 8.92. The zero-order chi connectivity index (χ0) is 9.31. The monoisotopic (exact) mass is 236 g/mol. The lowest BCUT2D eigenvalue weighted by molar-refractivity contribution is 0.649. The number of nitrogens with zero attached hydrogens (tertiary/aromatic N) is 2. The van der Waals surface area contributed by atoms with E-state index < -0.39 is 0 Å². The van der Waals surface area contributed by atoms with E-state index >= 15 is 0 Å². The van der Waals surface area contributed by atoms with Gasteiger partial charge in [-0.2, -0.15) is 5.26 Å². The lowest BCUT2D eigenvalue weighted by atomic mass is 10.0. The summed E-state index contributed by atoms with van der Waals surface area (Å²) in [5.41, 5.74) is 0.901. The van der Waals surface area contributed by atoms with Crippen LogP contribution in [0.15, 0.2) is 22.8 Å². The standard InChI is InChI=1S/C10H9BrN2/c11-8-2-1-5-13-9(8)6-10(7-12)3-4-10/h1-2,5H,3-4,6H2. The fourth-order valence-electron chi connectivity index (χ4n) is 1.35. The molecule has 1 aliphatic carbocycles. The number of pyridine rings is 1. The van der Waals surface area contributed by atoms with E-state index in [-0.39, 0.29) is 5.41 Å². The smallest absolute Gasteiger partial charge is 0.0693 e. The molecule has 1 saturated carbocycles. The first kappa shape index (κ1) is 8.71. The summed E-state index contributed by atoms with van der Waals surface area (Å²) in [4.78, 5) is 4.25. The van der Waals surface area contributed by atoms with Crippen molar-refractivity contribution in [2.24, 2.45) is 5.41 Å². The van der Waals surface area contributed by atoms with E-state index in [1.807, 2.05) is 12.1 Å². The van der Waals surface area contributed by atoms with Gasteiger partial charge in [0.25, 0.3) is 0 Å². The van der Waals surface area contributed by atoms with Gasteiger partial charge in [0.15, 0.2) is 0 Å². The summed E-state index contributed by atoms with van der Waals surface area (Å²) in [5, 5.41) is 8.92. The van der Waals surface area contributed by atoms with Crippen molar-refractivity contribution in [3.8, 4) is 6.07 Å². The molecule has 2 nitrogen and oxygen atoms in total. The molecule has 1 aromatic heterocycles. The van der Waals surface area contributed by atoms with E-state index in [1.54, 1.807) is 6.20 Å². The summed E-state index contributed by atoms with van der Waals surface area (Å²) < 4.78 is 1.01. The van der Waals surface area contributed by atoms with E-state index in [0.29, 0.717) is 0 Å². The molecule has 1 heterocycles. The number of nitriles is 1. The molecule has 0 atom stereocenters. The summed E-state index contributed by atoms with van der Waals surface area (Å²) in [6.07, 6.45) is 4.59. The van der Waals surface area contributed by atoms with Crippen LogP contribution >= 0.6 is 15.9 Å².